The highest BCUT2D eigenvalue weighted by Crippen LogP contribution is 2.33. The number of hydrogen-bond acceptors (Lipinski definition) is 3. The molecule has 29 heavy (non-hydrogen) atoms. The van der Waals surface area contributed by atoms with Crippen molar-refractivity contribution in [1.82, 2.24) is 0 Å². The molecule has 1 aliphatic rings. The number of fused-ring (bicyclic) bond motifs is 1. The van der Waals surface area contributed by atoms with Crippen LogP contribution in [0.3, 0.4) is 0 Å². The van der Waals surface area contributed by atoms with E-state index in [4.69, 9.17) is 4.74 Å². The van der Waals surface area contributed by atoms with Gasteiger partial charge in [-0.25, -0.2) is 4.79 Å². The van der Waals surface area contributed by atoms with E-state index in [0.717, 1.165) is 47.5 Å². The van der Waals surface area contributed by atoms with Crippen molar-refractivity contribution in [2.75, 3.05) is 18.0 Å². The maximum Gasteiger partial charge on any atom is 0.339 e. The van der Waals surface area contributed by atoms with Gasteiger partial charge in [-0.05, 0) is 53.6 Å². The van der Waals surface area contributed by atoms with Crippen molar-refractivity contribution < 1.29 is 14.6 Å². The molecule has 0 bridgehead atoms. The molecule has 0 radical (unpaired) electrons. The van der Waals surface area contributed by atoms with Crippen LogP contribution in [0.1, 0.15) is 42.1 Å². The van der Waals surface area contributed by atoms with Gasteiger partial charge in [0.25, 0.3) is 0 Å². The molecule has 0 spiro atoms. The van der Waals surface area contributed by atoms with Gasteiger partial charge in [-0.2, -0.15) is 0 Å². The minimum atomic E-state index is -0.964. The fourth-order valence-corrected chi connectivity index (χ4v) is 3.79. The normalized spacial score (nSPS) is 13.4. The lowest BCUT2D eigenvalue weighted by atomic mass is 10.1. The summed E-state index contributed by atoms with van der Waals surface area (Å²) in [5, 5.41) is 11.9. The first-order valence-corrected chi connectivity index (χ1v) is 10.4. The molecule has 0 amide bonds. The molecule has 0 saturated heterocycles. The Bertz CT molecular complexity index is 1000. The highest BCUT2D eigenvalue weighted by molar-refractivity contribution is 5.91. The fourth-order valence-electron chi connectivity index (χ4n) is 3.79. The number of anilines is 1. The van der Waals surface area contributed by atoms with Gasteiger partial charge < -0.3 is 14.7 Å². The number of ether oxygens (including phenoxy) is 1. The molecule has 1 N–H and O–H groups in total. The average Bonchev–Trinajstić information content (AvgIpc) is 3.55. The zero-order valence-corrected chi connectivity index (χ0v) is 16.8. The molecule has 0 aliphatic heterocycles. The molecule has 3 aromatic carbocycles. The Morgan fingerprint density at radius 2 is 1.90 bits per heavy atom. The summed E-state index contributed by atoms with van der Waals surface area (Å²) in [6, 6.07) is 19.8. The second kappa shape index (κ2) is 8.56. The van der Waals surface area contributed by atoms with Gasteiger partial charge in [0, 0.05) is 24.8 Å². The zero-order valence-electron chi connectivity index (χ0n) is 16.8. The summed E-state index contributed by atoms with van der Waals surface area (Å²) in [6.45, 7) is 4.50. The molecule has 0 heterocycles. The van der Waals surface area contributed by atoms with E-state index in [2.05, 4.69) is 30.0 Å². The lowest BCUT2D eigenvalue weighted by Crippen LogP contribution is -2.26. The smallest absolute Gasteiger partial charge is 0.339 e. The standard InChI is InChI=1S/C25H27NO3/c1-2-14-26(16-18-10-11-18)21-12-13-23(25(27)28)24(15-21)29-17-20-8-5-7-19-6-3-4-9-22(19)20/h3-9,12-13,15,18H,2,10-11,14,16-17H2,1H3,(H,27,28). The second-order valence-corrected chi connectivity index (χ2v) is 7.80. The number of carboxylic acids is 1. The van der Waals surface area contributed by atoms with E-state index >= 15 is 0 Å². The van der Waals surface area contributed by atoms with Crippen LogP contribution in [0.2, 0.25) is 0 Å². The third-order valence-corrected chi connectivity index (χ3v) is 5.49. The topological polar surface area (TPSA) is 49.8 Å². The predicted molar refractivity (Wildman–Crippen MR) is 117 cm³/mol. The molecule has 3 aromatic rings. The summed E-state index contributed by atoms with van der Waals surface area (Å²) in [7, 11) is 0. The number of carboxylic acid groups (broad SMARTS) is 1. The molecule has 0 unspecified atom stereocenters. The van der Waals surface area contributed by atoms with Crippen molar-refractivity contribution in [3.63, 3.8) is 0 Å². The van der Waals surface area contributed by atoms with Crippen molar-refractivity contribution in [3.05, 3.63) is 71.8 Å². The van der Waals surface area contributed by atoms with Gasteiger partial charge in [0.05, 0.1) is 0 Å². The fraction of sp³-hybridized carbons (Fsp3) is 0.320. The summed E-state index contributed by atoms with van der Waals surface area (Å²) >= 11 is 0. The number of hydrogen-bond donors (Lipinski definition) is 1. The number of benzene rings is 3. The monoisotopic (exact) mass is 389 g/mol. The second-order valence-electron chi connectivity index (χ2n) is 7.80. The van der Waals surface area contributed by atoms with Gasteiger partial charge in [-0.3, -0.25) is 0 Å². The summed E-state index contributed by atoms with van der Waals surface area (Å²) in [5.41, 5.74) is 2.29. The summed E-state index contributed by atoms with van der Waals surface area (Å²) in [4.78, 5) is 14.1. The van der Waals surface area contributed by atoms with Crippen molar-refractivity contribution >= 4 is 22.4 Å². The number of carbonyl (C=O) groups is 1. The van der Waals surface area contributed by atoms with Crippen LogP contribution in [0.5, 0.6) is 5.75 Å². The third kappa shape index (κ3) is 4.53. The van der Waals surface area contributed by atoms with Crippen LogP contribution in [0.4, 0.5) is 5.69 Å². The maximum absolute atomic E-state index is 11.7. The van der Waals surface area contributed by atoms with E-state index in [1.807, 2.05) is 36.4 Å². The Labute approximate surface area is 171 Å². The third-order valence-electron chi connectivity index (χ3n) is 5.49. The Hall–Kier alpha value is -3.01. The van der Waals surface area contributed by atoms with Gasteiger partial charge >= 0.3 is 5.97 Å². The minimum Gasteiger partial charge on any atom is -0.488 e. The maximum atomic E-state index is 11.7. The lowest BCUT2D eigenvalue weighted by Gasteiger charge is -2.25. The first kappa shape index (κ1) is 19.3. The van der Waals surface area contributed by atoms with Crippen LogP contribution in [0.15, 0.2) is 60.7 Å². The van der Waals surface area contributed by atoms with Gasteiger partial charge in [0.1, 0.15) is 17.9 Å². The largest absolute Gasteiger partial charge is 0.488 e. The van der Waals surface area contributed by atoms with Crippen molar-refractivity contribution in [1.29, 1.82) is 0 Å². The van der Waals surface area contributed by atoms with Crippen LogP contribution in [-0.4, -0.2) is 24.2 Å². The Morgan fingerprint density at radius 1 is 1.10 bits per heavy atom. The molecule has 0 aromatic heterocycles. The van der Waals surface area contributed by atoms with Crippen LogP contribution >= 0.6 is 0 Å². The van der Waals surface area contributed by atoms with E-state index in [0.29, 0.717) is 12.4 Å². The Balaban J connectivity index is 1.61. The highest BCUT2D eigenvalue weighted by Gasteiger charge is 2.25. The highest BCUT2D eigenvalue weighted by atomic mass is 16.5. The molecule has 150 valence electrons. The molecule has 0 atom stereocenters. The predicted octanol–water partition coefficient (Wildman–Crippen LogP) is 5.74. The molecular formula is C25H27NO3. The van der Waals surface area contributed by atoms with E-state index < -0.39 is 5.97 Å². The molecule has 1 saturated carbocycles. The first-order chi connectivity index (χ1) is 14.2. The minimum absolute atomic E-state index is 0.205. The van der Waals surface area contributed by atoms with Crippen molar-refractivity contribution in [2.45, 2.75) is 32.8 Å². The molecule has 4 heteroatoms. The van der Waals surface area contributed by atoms with Gasteiger partial charge in [-0.1, -0.05) is 49.4 Å². The van der Waals surface area contributed by atoms with Crippen LogP contribution < -0.4 is 9.64 Å². The van der Waals surface area contributed by atoms with E-state index in [1.54, 1.807) is 6.07 Å². The number of aromatic carboxylic acids is 1. The first-order valence-electron chi connectivity index (χ1n) is 10.4. The summed E-state index contributed by atoms with van der Waals surface area (Å²) < 4.78 is 6.07. The van der Waals surface area contributed by atoms with Gasteiger partial charge in [0.15, 0.2) is 0 Å². The molecule has 1 fully saturated rings. The molecule has 4 rings (SSSR count). The van der Waals surface area contributed by atoms with Crippen LogP contribution in [-0.2, 0) is 6.61 Å². The molecule has 1 aliphatic carbocycles. The Morgan fingerprint density at radius 3 is 2.66 bits per heavy atom. The zero-order chi connectivity index (χ0) is 20.2. The van der Waals surface area contributed by atoms with Crippen LogP contribution in [0.25, 0.3) is 10.8 Å². The van der Waals surface area contributed by atoms with Crippen LogP contribution in [0, 0.1) is 5.92 Å². The number of nitrogens with zero attached hydrogens (tertiary/aromatic N) is 1. The van der Waals surface area contributed by atoms with E-state index in [9.17, 15) is 9.90 Å². The van der Waals surface area contributed by atoms with E-state index in [-0.39, 0.29) is 5.56 Å². The quantitative estimate of drug-likeness (QED) is 0.507. The lowest BCUT2D eigenvalue weighted by molar-refractivity contribution is 0.0692. The average molecular weight is 389 g/mol. The van der Waals surface area contributed by atoms with Gasteiger partial charge in [0.2, 0.25) is 0 Å². The van der Waals surface area contributed by atoms with Crippen molar-refractivity contribution in [2.24, 2.45) is 5.92 Å². The van der Waals surface area contributed by atoms with Crippen molar-refractivity contribution in [3.8, 4) is 5.75 Å². The number of rotatable bonds is 9. The summed E-state index contributed by atoms with van der Waals surface area (Å²) in [6.07, 6.45) is 3.63. The SMILES string of the molecule is CCCN(CC1CC1)c1ccc(C(=O)O)c(OCc2cccc3ccccc23)c1. The summed E-state index contributed by atoms with van der Waals surface area (Å²) in [5.74, 6) is 0.231. The van der Waals surface area contributed by atoms with Gasteiger partial charge in [-0.15, -0.1) is 0 Å². The Kier molecular flexibility index (Phi) is 5.70. The molecular weight excluding hydrogens is 362 g/mol. The molecule has 4 nitrogen and oxygen atoms in total. The van der Waals surface area contributed by atoms with E-state index in [1.165, 1.54) is 12.8 Å².